The van der Waals surface area contributed by atoms with Crippen molar-refractivity contribution in [3.63, 3.8) is 0 Å². The minimum atomic E-state index is -0.0590. The van der Waals surface area contributed by atoms with Crippen LogP contribution in [-0.2, 0) is 11.3 Å². The Hall–Kier alpha value is -2.92. The van der Waals surface area contributed by atoms with Gasteiger partial charge in [-0.25, -0.2) is 0 Å². The van der Waals surface area contributed by atoms with E-state index in [0.717, 1.165) is 40.7 Å². The fourth-order valence-corrected chi connectivity index (χ4v) is 3.57. The molecule has 1 aliphatic rings. The van der Waals surface area contributed by atoms with Gasteiger partial charge in [-0.3, -0.25) is 9.59 Å². The quantitative estimate of drug-likeness (QED) is 0.731. The molecule has 2 heterocycles. The fraction of sp³-hybridized carbons (Fsp3) is 0.273. The van der Waals surface area contributed by atoms with Crippen LogP contribution in [0.15, 0.2) is 59.4 Å². The van der Waals surface area contributed by atoms with Gasteiger partial charge < -0.3 is 15.2 Å². The van der Waals surface area contributed by atoms with Crippen LogP contribution < -0.4 is 15.8 Å². The van der Waals surface area contributed by atoms with Crippen molar-refractivity contribution in [1.82, 2.24) is 10.3 Å². The van der Waals surface area contributed by atoms with Crippen molar-refractivity contribution in [2.45, 2.75) is 32.4 Å². The minimum absolute atomic E-state index is 0.0590. The Balaban J connectivity index is 1.45. The monoisotopic (exact) mass is 361 g/mol. The summed E-state index contributed by atoms with van der Waals surface area (Å²) in [5, 5.41) is 4.45. The van der Waals surface area contributed by atoms with Gasteiger partial charge in [0.05, 0.1) is 0 Å². The van der Waals surface area contributed by atoms with Gasteiger partial charge >= 0.3 is 0 Å². The summed E-state index contributed by atoms with van der Waals surface area (Å²) in [5.41, 5.74) is 3.60. The van der Waals surface area contributed by atoms with Gasteiger partial charge in [-0.15, -0.1) is 0 Å². The first-order valence-electron chi connectivity index (χ1n) is 9.36. The first-order chi connectivity index (χ1) is 13.1. The standard InChI is InChI=1S/C22H23N3O2/c1-15(16-8-10-19(11-9-16)25-12-4-7-21(25)26)23-14-18-13-17-5-2-3-6-20(17)24-22(18)27/h2-3,5-6,8-11,13,15,23H,4,7,12,14H2,1H3,(H,24,27). The van der Waals surface area contributed by atoms with E-state index in [9.17, 15) is 9.59 Å². The molecular weight excluding hydrogens is 338 g/mol. The van der Waals surface area contributed by atoms with E-state index in [4.69, 9.17) is 0 Å². The van der Waals surface area contributed by atoms with Crippen LogP contribution in [0.5, 0.6) is 0 Å². The van der Waals surface area contributed by atoms with Gasteiger partial charge in [0.25, 0.3) is 5.56 Å². The number of carbonyl (C=O) groups is 1. The first-order valence-corrected chi connectivity index (χ1v) is 9.36. The smallest absolute Gasteiger partial charge is 0.252 e. The number of nitrogens with one attached hydrogen (secondary N) is 2. The molecule has 5 nitrogen and oxygen atoms in total. The van der Waals surface area contributed by atoms with Gasteiger partial charge in [0.2, 0.25) is 5.91 Å². The molecule has 1 fully saturated rings. The van der Waals surface area contributed by atoms with Crippen molar-refractivity contribution in [3.05, 3.63) is 76.1 Å². The maximum absolute atomic E-state index is 12.3. The number of nitrogens with zero attached hydrogens (tertiary/aromatic N) is 1. The highest BCUT2D eigenvalue weighted by molar-refractivity contribution is 5.95. The average Bonchev–Trinajstić information content (AvgIpc) is 3.12. The number of aromatic amines is 1. The lowest BCUT2D eigenvalue weighted by atomic mass is 10.1. The third kappa shape index (κ3) is 3.64. The summed E-state index contributed by atoms with van der Waals surface area (Å²) < 4.78 is 0. The lowest BCUT2D eigenvalue weighted by molar-refractivity contribution is -0.117. The molecule has 0 aliphatic carbocycles. The van der Waals surface area contributed by atoms with Gasteiger partial charge in [0, 0.05) is 42.3 Å². The lowest BCUT2D eigenvalue weighted by Crippen LogP contribution is -2.24. The molecule has 0 radical (unpaired) electrons. The number of rotatable bonds is 5. The Kier molecular flexibility index (Phi) is 4.77. The summed E-state index contributed by atoms with van der Waals surface area (Å²) in [6, 6.07) is 17.9. The van der Waals surface area contributed by atoms with Crippen LogP contribution >= 0.6 is 0 Å². The number of hydrogen-bond acceptors (Lipinski definition) is 3. The molecule has 2 aromatic carbocycles. The zero-order valence-electron chi connectivity index (χ0n) is 15.4. The van der Waals surface area contributed by atoms with Crippen molar-refractivity contribution in [3.8, 4) is 0 Å². The normalized spacial score (nSPS) is 15.4. The number of pyridine rings is 1. The second kappa shape index (κ2) is 7.37. The SMILES string of the molecule is CC(NCc1cc2ccccc2[nH]c1=O)c1ccc(N2CCCC2=O)cc1. The molecule has 27 heavy (non-hydrogen) atoms. The summed E-state index contributed by atoms with van der Waals surface area (Å²) in [6.45, 7) is 3.37. The predicted molar refractivity (Wildman–Crippen MR) is 108 cm³/mol. The fourth-order valence-electron chi connectivity index (χ4n) is 3.57. The first kappa shape index (κ1) is 17.5. The van der Waals surface area contributed by atoms with E-state index in [-0.39, 0.29) is 17.5 Å². The van der Waals surface area contributed by atoms with Crippen molar-refractivity contribution in [2.24, 2.45) is 0 Å². The van der Waals surface area contributed by atoms with Gasteiger partial charge in [-0.1, -0.05) is 30.3 Å². The number of anilines is 1. The molecule has 1 saturated heterocycles. The third-order valence-corrected chi connectivity index (χ3v) is 5.21. The zero-order chi connectivity index (χ0) is 18.8. The molecule has 0 spiro atoms. The Labute approximate surface area is 158 Å². The van der Waals surface area contributed by atoms with Gasteiger partial charge in [-0.05, 0) is 48.6 Å². The highest BCUT2D eigenvalue weighted by atomic mass is 16.2. The van der Waals surface area contributed by atoms with Crippen molar-refractivity contribution < 1.29 is 4.79 Å². The predicted octanol–water partition coefficient (Wildman–Crippen LogP) is 3.51. The summed E-state index contributed by atoms with van der Waals surface area (Å²) in [4.78, 5) is 28.9. The molecule has 0 saturated carbocycles. The van der Waals surface area contributed by atoms with Crippen molar-refractivity contribution >= 4 is 22.5 Å². The number of H-pyrrole nitrogens is 1. The van der Waals surface area contributed by atoms with Gasteiger partial charge in [-0.2, -0.15) is 0 Å². The molecule has 2 N–H and O–H groups in total. The Morgan fingerprint density at radius 3 is 2.63 bits per heavy atom. The number of hydrogen-bond donors (Lipinski definition) is 2. The van der Waals surface area contributed by atoms with E-state index in [1.807, 2.05) is 59.5 Å². The maximum atomic E-state index is 12.3. The molecule has 1 unspecified atom stereocenters. The highest BCUT2D eigenvalue weighted by Crippen LogP contribution is 2.23. The van der Waals surface area contributed by atoms with Crippen LogP contribution in [0.4, 0.5) is 5.69 Å². The highest BCUT2D eigenvalue weighted by Gasteiger charge is 2.21. The number of benzene rings is 2. The second-order valence-corrected chi connectivity index (χ2v) is 7.05. The van der Waals surface area contributed by atoms with Gasteiger partial charge in [0.1, 0.15) is 0 Å². The number of aromatic nitrogens is 1. The lowest BCUT2D eigenvalue weighted by Gasteiger charge is -2.18. The van der Waals surface area contributed by atoms with E-state index in [0.29, 0.717) is 13.0 Å². The molecule has 1 atom stereocenters. The van der Waals surface area contributed by atoms with Gasteiger partial charge in [0.15, 0.2) is 0 Å². The number of fused-ring (bicyclic) bond motifs is 1. The molecule has 1 amide bonds. The largest absolute Gasteiger partial charge is 0.322 e. The Morgan fingerprint density at radius 2 is 1.89 bits per heavy atom. The summed E-state index contributed by atoms with van der Waals surface area (Å²) in [7, 11) is 0. The van der Waals surface area contributed by atoms with Crippen LogP contribution in [0.2, 0.25) is 0 Å². The summed E-state index contributed by atoms with van der Waals surface area (Å²) in [6.07, 6.45) is 1.57. The maximum Gasteiger partial charge on any atom is 0.252 e. The molecule has 3 aromatic rings. The molecule has 5 heteroatoms. The number of carbonyl (C=O) groups excluding carboxylic acids is 1. The average molecular weight is 361 g/mol. The second-order valence-electron chi connectivity index (χ2n) is 7.05. The van der Waals surface area contributed by atoms with Crippen molar-refractivity contribution in [2.75, 3.05) is 11.4 Å². The van der Waals surface area contributed by atoms with E-state index >= 15 is 0 Å². The minimum Gasteiger partial charge on any atom is -0.322 e. The topological polar surface area (TPSA) is 65.2 Å². The molecule has 4 rings (SSSR count). The Morgan fingerprint density at radius 1 is 1.11 bits per heavy atom. The van der Waals surface area contributed by atoms with E-state index in [1.54, 1.807) is 0 Å². The van der Waals surface area contributed by atoms with E-state index < -0.39 is 0 Å². The Bertz CT molecular complexity index is 1020. The number of para-hydroxylation sites is 1. The molecule has 1 aliphatic heterocycles. The van der Waals surface area contributed by atoms with Crippen LogP contribution in [0.1, 0.15) is 36.9 Å². The third-order valence-electron chi connectivity index (χ3n) is 5.21. The molecule has 0 bridgehead atoms. The summed E-state index contributed by atoms with van der Waals surface area (Å²) in [5.74, 6) is 0.199. The number of amides is 1. The summed E-state index contributed by atoms with van der Waals surface area (Å²) >= 11 is 0. The van der Waals surface area contributed by atoms with Crippen LogP contribution in [0.25, 0.3) is 10.9 Å². The molecule has 138 valence electrons. The van der Waals surface area contributed by atoms with E-state index in [1.165, 1.54) is 0 Å². The van der Waals surface area contributed by atoms with Crippen LogP contribution in [0.3, 0.4) is 0 Å². The zero-order valence-corrected chi connectivity index (χ0v) is 15.4. The molecular formula is C22H23N3O2. The molecule has 1 aromatic heterocycles. The van der Waals surface area contributed by atoms with Crippen LogP contribution in [-0.4, -0.2) is 17.4 Å². The van der Waals surface area contributed by atoms with Crippen LogP contribution in [0, 0.1) is 0 Å². The van der Waals surface area contributed by atoms with Crippen molar-refractivity contribution in [1.29, 1.82) is 0 Å². The van der Waals surface area contributed by atoms with E-state index in [2.05, 4.69) is 17.2 Å².